The summed E-state index contributed by atoms with van der Waals surface area (Å²) >= 11 is 0. The maximum Gasteiger partial charge on any atom is 0.317 e. The van der Waals surface area contributed by atoms with Crippen molar-refractivity contribution in [2.45, 2.75) is 65.3 Å². The Morgan fingerprint density at radius 3 is 2.11 bits per heavy atom. The van der Waals surface area contributed by atoms with Crippen LogP contribution >= 0.6 is 0 Å². The van der Waals surface area contributed by atoms with Gasteiger partial charge >= 0.3 is 6.03 Å². The summed E-state index contributed by atoms with van der Waals surface area (Å²) in [5.74, 6) is 0.757. The summed E-state index contributed by atoms with van der Waals surface area (Å²) < 4.78 is 0. The lowest BCUT2D eigenvalue weighted by Crippen LogP contribution is -2.48. The first-order valence-corrected chi connectivity index (χ1v) is 7.52. The van der Waals surface area contributed by atoms with E-state index in [9.17, 15) is 4.79 Å². The Morgan fingerprint density at radius 2 is 1.61 bits per heavy atom. The van der Waals surface area contributed by atoms with Gasteiger partial charge in [0.2, 0.25) is 0 Å². The van der Waals surface area contributed by atoms with E-state index in [1.54, 1.807) is 0 Å². The summed E-state index contributed by atoms with van der Waals surface area (Å²) in [4.78, 5) is 14.1. The molecule has 2 fully saturated rings. The maximum absolute atomic E-state index is 12.1. The van der Waals surface area contributed by atoms with Crippen LogP contribution in [0.4, 0.5) is 4.79 Å². The van der Waals surface area contributed by atoms with Gasteiger partial charge in [0.1, 0.15) is 0 Å². The molecule has 0 aromatic carbocycles. The van der Waals surface area contributed by atoms with E-state index >= 15 is 0 Å². The molecule has 0 spiro atoms. The van der Waals surface area contributed by atoms with Gasteiger partial charge in [-0.2, -0.15) is 0 Å². The van der Waals surface area contributed by atoms with Gasteiger partial charge in [-0.05, 0) is 37.0 Å². The molecule has 0 aromatic rings. The number of urea groups is 1. The number of rotatable bonds is 1. The minimum Gasteiger partial charge on any atom is -0.335 e. The van der Waals surface area contributed by atoms with Crippen LogP contribution in [0.5, 0.6) is 0 Å². The Morgan fingerprint density at radius 1 is 1.06 bits per heavy atom. The largest absolute Gasteiger partial charge is 0.335 e. The van der Waals surface area contributed by atoms with E-state index < -0.39 is 0 Å². The van der Waals surface area contributed by atoms with Gasteiger partial charge in [0, 0.05) is 19.1 Å². The van der Waals surface area contributed by atoms with Crippen LogP contribution in [0, 0.1) is 11.3 Å². The first-order chi connectivity index (χ1) is 8.47. The number of likely N-dealkylation sites (tertiary alicyclic amines) is 1. The topological polar surface area (TPSA) is 32.3 Å². The molecule has 1 N–H and O–H groups in total. The molecule has 3 heteroatoms. The Hall–Kier alpha value is -0.730. The fourth-order valence-corrected chi connectivity index (χ4v) is 3.28. The van der Waals surface area contributed by atoms with Crippen molar-refractivity contribution in [3.8, 4) is 0 Å². The summed E-state index contributed by atoms with van der Waals surface area (Å²) in [6, 6.07) is 0.618. The van der Waals surface area contributed by atoms with Crippen LogP contribution in [0.25, 0.3) is 0 Å². The lowest BCUT2D eigenvalue weighted by molar-refractivity contribution is 0.120. The SMILES string of the molecule is CC(C)(C)C1CCN(C(=O)NC2CCCC2)CC1. The molecule has 2 amide bonds. The molecular weight excluding hydrogens is 224 g/mol. The first kappa shape index (κ1) is 13.7. The van der Waals surface area contributed by atoms with Crippen molar-refractivity contribution < 1.29 is 4.79 Å². The lowest BCUT2D eigenvalue weighted by Gasteiger charge is -2.39. The maximum atomic E-state index is 12.1. The van der Waals surface area contributed by atoms with Gasteiger partial charge in [0.05, 0.1) is 0 Å². The van der Waals surface area contributed by atoms with E-state index in [0.29, 0.717) is 11.5 Å². The number of piperidine rings is 1. The molecule has 1 heterocycles. The molecule has 0 atom stereocenters. The fourth-order valence-electron chi connectivity index (χ4n) is 3.28. The average Bonchev–Trinajstić information content (AvgIpc) is 2.81. The Bertz CT molecular complexity index is 281. The van der Waals surface area contributed by atoms with E-state index in [4.69, 9.17) is 0 Å². The molecular formula is C15H28N2O. The number of hydrogen-bond acceptors (Lipinski definition) is 1. The van der Waals surface area contributed by atoms with Crippen molar-refractivity contribution in [2.75, 3.05) is 13.1 Å². The van der Waals surface area contributed by atoms with Gasteiger partial charge in [0.15, 0.2) is 0 Å². The van der Waals surface area contributed by atoms with E-state index in [1.165, 1.54) is 25.7 Å². The highest BCUT2D eigenvalue weighted by Crippen LogP contribution is 2.34. The Labute approximate surface area is 111 Å². The molecule has 18 heavy (non-hydrogen) atoms. The normalized spacial score (nSPS) is 23.4. The predicted octanol–water partition coefficient (Wildman–Crippen LogP) is 3.40. The van der Waals surface area contributed by atoms with Crippen molar-refractivity contribution in [1.82, 2.24) is 10.2 Å². The number of nitrogens with zero attached hydrogens (tertiary/aromatic N) is 1. The fraction of sp³-hybridized carbons (Fsp3) is 0.933. The predicted molar refractivity (Wildman–Crippen MR) is 74.5 cm³/mol. The van der Waals surface area contributed by atoms with Crippen molar-refractivity contribution in [3.63, 3.8) is 0 Å². The van der Waals surface area contributed by atoms with Crippen LogP contribution in [0.15, 0.2) is 0 Å². The Kier molecular flexibility index (Phi) is 4.18. The average molecular weight is 252 g/mol. The summed E-state index contributed by atoms with van der Waals surface area (Å²) in [7, 11) is 0. The molecule has 1 saturated carbocycles. The summed E-state index contributed by atoms with van der Waals surface area (Å²) in [5.41, 5.74) is 0.383. The lowest BCUT2D eigenvalue weighted by atomic mass is 9.75. The van der Waals surface area contributed by atoms with Crippen molar-refractivity contribution >= 4 is 6.03 Å². The van der Waals surface area contributed by atoms with Gasteiger partial charge in [-0.15, -0.1) is 0 Å². The number of nitrogens with one attached hydrogen (secondary N) is 1. The van der Waals surface area contributed by atoms with Gasteiger partial charge in [0.25, 0.3) is 0 Å². The number of carbonyl (C=O) groups is 1. The van der Waals surface area contributed by atoms with Crippen LogP contribution in [-0.2, 0) is 0 Å². The highest BCUT2D eigenvalue weighted by Gasteiger charge is 2.31. The zero-order valence-electron chi connectivity index (χ0n) is 12.2. The van der Waals surface area contributed by atoms with Crippen LogP contribution in [-0.4, -0.2) is 30.1 Å². The highest BCUT2D eigenvalue weighted by atomic mass is 16.2. The van der Waals surface area contributed by atoms with E-state index in [0.717, 1.165) is 31.8 Å². The van der Waals surface area contributed by atoms with Gasteiger partial charge in [-0.1, -0.05) is 33.6 Å². The molecule has 0 aromatic heterocycles. The Balaban J connectivity index is 1.76. The number of amides is 2. The van der Waals surface area contributed by atoms with E-state index in [2.05, 4.69) is 26.1 Å². The molecule has 1 aliphatic heterocycles. The molecule has 2 rings (SSSR count). The molecule has 0 unspecified atom stereocenters. The highest BCUT2D eigenvalue weighted by molar-refractivity contribution is 5.74. The standard InChI is InChI=1S/C15H28N2O/c1-15(2,3)12-8-10-17(11-9-12)14(18)16-13-6-4-5-7-13/h12-13H,4-11H2,1-3H3,(H,16,18). The first-order valence-electron chi connectivity index (χ1n) is 7.52. The van der Waals surface area contributed by atoms with Crippen LogP contribution < -0.4 is 5.32 Å². The smallest absolute Gasteiger partial charge is 0.317 e. The van der Waals surface area contributed by atoms with Crippen molar-refractivity contribution in [3.05, 3.63) is 0 Å². The second kappa shape index (κ2) is 5.50. The molecule has 2 aliphatic rings. The molecule has 1 saturated heterocycles. The van der Waals surface area contributed by atoms with Gasteiger partial charge < -0.3 is 10.2 Å². The second-order valence-corrected chi connectivity index (χ2v) is 7.06. The molecule has 104 valence electrons. The third kappa shape index (κ3) is 3.39. The van der Waals surface area contributed by atoms with Crippen molar-refractivity contribution in [1.29, 1.82) is 0 Å². The van der Waals surface area contributed by atoms with Crippen molar-refractivity contribution in [2.24, 2.45) is 11.3 Å². The van der Waals surface area contributed by atoms with E-state index in [-0.39, 0.29) is 6.03 Å². The number of carbonyl (C=O) groups excluding carboxylic acids is 1. The quantitative estimate of drug-likeness (QED) is 0.762. The second-order valence-electron chi connectivity index (χ2n) is 7.06. The van der Waals surface area contributed by atoms with Crippen LogP contribution in [0.3, 0.4) is 0 Å². The molecule has 3 nitrogen and oxygen atoms in total. The third-order valence-corrected chi connectivity index (χ3v) is 4.69. The summed E-state index contributed by atoms with van der Waals surface area (Å²) in [6.45, 7) is 8.80. The molecule has 0 radical (unpaired) electrons. The zero-order valence-corrected chi connectivity index (χ0v) is 12.2. The van der Waals surface area contributed by atoms with Crippen LogP contribution in [0.2, 0.25) is 0 Å². The summed E-state index contributed by atoms with van der Waals surface area (Å²) in [5, 5.41) is 3.19. The van der Waals surface area contributed by atoms with Gasteiger partial charge in [-0.3, -0.25) is 0 Å². The summed E-state index contributed by atoms with van der Waals surface area (Å²) in [6.07, 6.45) is 7.20. The van der Waals surface area contributed by atoms with E-state index in [1.807, 2.05) is 4.90 Å². The molecule has 1 aliphatic carbocycles. The number of hydrogen-bond donors (Lipinski definition) is 1. The minimum absolute atomic E-state index is 0.175. The molecule has 0 bridgehead atoms. The monoisotopic (exact) mass is 252 g/mol. The third-order valence-electron chi connectivity index (χ3n) is 4.69. The van der Waals surface area contributed by atoms with Crippen LogP contribution in [0.1, 0.15) is 59.3 Å². The zero-order chi connectivity index (χ0) is 13.2. The van der Waals surface area contributed by atoms with Gasteiger partial charge in [-0.25, -0.2) is 4.79 Å². The minimum atomic E-state index is 0.175.